The lowest BCUT2D eigenvalue weighted by Crippen LogP contribution is -2.39. The van der Waals surface area contributed by atoms with Gasteiger partial charge in [-0.15, -0.1) is 24.0 Å². The third-order valence-corrected chi connectivity index (χ3v) is 5.22. The normalized spacial score (nSPS) is 15.0. The number of pyridine rings is 1. The largest absolute Gasteiger partial charge is 0.372 e. The molecule has 29 heavy (non-hydrogen) atoms. The second-order valence-corrected chi connectivity index (χ2v) is 7.54. The summed E-state index contributed by atoms with van der Waals surface area (Å²) in [6.45, 7) is 8.11. The minimum absolute atomic E-state index is 0. The Bertz CT molecular complexity index is 775. The molecule has 158 valence electrons. The van der Waals surface area contributed by atoms with Crippen molar-refractivity contribution in [1.29, 1.82) is 0 Å². The molecular weight excluding hydrogens is 497 g/mol. The molecule has 2 N–H and O–H groups in total. The number of guanidine groups is 1. The number of hydrogen-bond donors (Lipinski definition) is 2. The molecule has 3 rings (SSSR count). The van der Waals surface area contributed by atoms with E-state index >= 15 is 0 Å². The van der Waals surface area contributed by atoms with Gasteiger partial charge < -0.3 is 15.5 Å². The third kappa shape index (κ3) is 7.33. The highest BCUT2D eigenvalue weighted by Gasteiger charge is 2.14. The Kier molecular flexibility index (Phi) is 10.0. The van der Waals surface area contributed by atoms with Crippen molar-refractivity contribution >= 4 is 47.2 Å². The van der Waals surface area contributed by atoms with Crippen LogP contribution < -0.4 is 15.5 Å². The maximum Gasteiger partial charge on any atom is 0.191 e. The molecule has 0 amide bonds. The predicted octanol–water partition coefficient (Wildman–Crippen LogP) is 4.81. The maximum absolute atomic E-state index is 5.84. The summed E-state index contributed by atoms with van der Waals surface area (Å²) in [6.07, 6.45) is 5.22. The molecule has 2 heterocycles. The smallest absolute Gasteiger partial charge is 0.191 e. The first-order chi connectivity index (χ1) is 13.7. The summed E-state index contributed by atoms with van der Waals surface area (Å²) in [5.74, 6) is 0.837. The van der Waals surface area contributed by atoms with Crippen molar-refractivity contribution in [2.75, 3.05) is 31.1 Å². The zero-order valence-electron chi connectivity index (χ0n) is 17.2. The number of aromatic nitrogens is 1. The van der Waals surface area contributed by atoms with Gasteiger partial charge in [-0.25, -0.2) is 4.98 Å². The monoisotopic (exact) mass is 527 g/mol. The van der Waals surface area contributed by atoms with E-state index in [-0.39, 0.29) is 30.0 Å². The molecule has 1 atom stereocenters. The first kappa shape index (κ1) is 23.7. The Hall–Kier alpha value is -1.54. The summed E-state index contributed by atoms with van der Waals surface area (Å²) in [5.41, 5.74) is 3.73. The molecule has 1 aliphatic heterocycles. The lowest BCUT2D eigenvalue weighted by atomic mass is 10.1. The van der Waals surface area contributed by atoms with Gasteiger partial charge in [-0.05, 0) is 62.4 Å². The van der Waals surface area contributed by atoms with Crippen LogP contribution in [0, 0.1) is 0 Å². The second kappa shape index (κ2) is 12.2. The Labute approximate surface area is 196 Å². The number of rotatable bonds is 7. The van der Waals surface area contributed by atoms with E-state index in [9.17, 15) is 0 Å². The van der Waals surface area contributed by atoms with Crippen molar-refractivity contribution in [3.05, 3.63) is 58.9 Å². The van der Waals surface area contributed by atoms with E-state index in [2.05, 4.69) is 58.6 Å². The van der Waals surface area contributed by atoms with Crippen LogP contribution in [0.1, 0.15) is 43.9 Å². The molecule has 0 aliphatic carbocycles. The van der Waals surface area contributed by atoms with E-state index in [1.54, 1.807) is 0 Å². The lowest BCUT2D eigenvalue weighted by molar-refractivity contribution is 0.685. The molecular formula is C22H31ClIN5. The van der Waals surface area contributed by atoms with Crippen LogP contribution >= 0.6 is 35.6 Å². The van der Waals surface area contributed by atoms with Crippen LogP contribution in [0.4, 0.5) is 5.69 Å². The van der Waals surface area contributed by atoms with E-state index < -0.39 is 0 Å². The van der Waals surface area contributed by atoms with Crippen molar-refractivity contribution in [3.63, 3.8) is 0 Å². The predicted molar refractivity (Wildman–Crippen MR) is 134 cm³/mol. The minimum atomic E-state index is 0. The third-order valence-electron chi connectivity index (χ3n) is 5.00. The van der Waals surface area contributed by atoms with Gasteiger partial charge in [0, 0.05) is 38.1 Å². The fourth-order valence-corrected chi connectivity index (χ4v) is 3.54. The summed E-state index contributed by atoms with van der Waals surface area (Å²) in [7, 11) is 0. The van der Waals surface area contributed by atoms with Crippen LogP contribution in [0.3, 0.4) is 0 Å². The molecule has 0 radical (unpaired) electrons. The van der Waals surface area contributed by atoms with E-state index in [0.717, 1.165) is 37.6 Å². The highest BCUT2D eigenvalue weighted by molar-refractivity contribution is 14.0. The number of aliphatic imine (C=N–C) groups is 1. The highest BCUT2D eigenvalue weighted by atomic mass is 127. The van der Waals surface area contributed by atoms with Crippen molar-refractivity contribution < 1.29 is 0 Å². The number of anilines is 1. The number of hydrogen-bond acceptors (Lipinski definition) is 3. The molecule has 7 heteroatoms. The molecule has 1 saturated heterocycles. The lowest BCUT2D eigenvalue weighted by Gasteiger charge is -2.22. The first-order valence-electron chi connectivity index (χ1n) is 10.2. The molecule has 2 aromatic rings. The van der Waals surface area contributed by atoms with Crippen molar-refractivity contribution in [2.24, 2.45) is 4.99 Å². The molecule has 5 nitrogen and oxygen atoms in total. The van der Waals surface area contributed by atoms with Gasteiger partial charge >= 0.3 is 0 Å². The van der Waals surface area contributed by atoms with Crippen LogP contribution in [0.5, 0.6) is 0 Å². The van der Waals surface area contributed by atoms with Gasteiger partial charge in [0.25, 0.3) is 0 Å². The quantitative estimate of drug-likeness (QED) is 0.235. The SMILES string of the molecule is CCNC(=NCCc1ccc(Cl)nc1)NC(C)c1cccc(N2CCCC2)c1.I. The zero-order valence-corrected chi connectivity index (χ0v) is 20.3. The van der Waals surface area contributed by atoms with Crippen LogP contribution in [-0.2, 0) is 6.42 Å². The van der Waals surface area contributed by atoms with Crippen molar-refractivity contribution in [2.45, 2.75) is 39.2 Å². The molecule has 1 unspecified atom stereocenters. The maximum atomic E-state index is 5.84. The number of nitrogens with one attached hydrogen (secondary N) is 2. The van der Waals surface area contributed by atoms with Gasteiger partial charge in [0.05, 0.1) is 6.04 Å². The second-order valence-electron chi connectivity index (χ2n) is 7.15. The van der Waals surface area contributed by atoms with E-state index in [4.69, 9.17) is 16.6 Å². The fourth-order valence-electron chi connectivity index (χ4n) is 3.43. The summed E-state index contributed by atoms with van der Waals surface area (Å²) in [6, 6.07) is 12.8. The fraction of sp³-hybridized carbons (Fsp3) is 0.455. The highest BCUT2D eigenvalue weighted by Crippen LogP contribution is 2.23. The van der Waals surface area contributed by atoms with Crippen LogP contribution in [0.2, 0.25) is 5.15 Å². The summed E-state index contributed by atoms with van der Waals surface area (Å²) in [5, 5.41) is 7.39. The molecule has 1 aromatic heterocycles. The zero-order chi connectivity index (χ0) is 19.8. The molecule has 0 saturated carbocycles. The molecule has 1 fully saturated rings. The minimum Gasteiger partial charge on any atom is -0.372 e. The average molecular weight is 528 g/mol. The van der Waals surface area contributed by atoms with E-state index in [1.165, 1.54) is 24.1 Å². The van der Waals surface area contributed by atoms with Gasteiger partial charge in [-0.3, -0.25) is 4.99 Å². The molecule has 0 bridgehead atoms. The average Bonchev–Trinajstić information content (AvgIpc) is 3.24. The van der Waals surface area contributed by atoms with Gasteiger partial charge in [0.2, 0.25) is 0 Å². The summed E-state index contributed by atoms with van der Waals surface area (Å²) < 4.78 is 0. The Morgan fingerprint density at radius 2 is 2.03 bits per heavy atom. The van der Waals surface area contributed by atoms with Crippen molar-refractivity contribution in [3.8, 4) is 0 Å². The Balaban J connectivity index is 0.00000300. The molecule has 1 aliphatic rings. The van der Waals surface area contributed by atoms with Crippen molar-refractivity contribution in [1.82, 2.24) is 15.6 Å². The Morgan fingerprint density at radius 3 is 2.72 bits per heavy atom. The standard InChI is InChI=1S/C22H30ClN5.HI/c1-3-24-22(25-12-11-18-9-10-21(23)26-16-18)27-17(2)19-7-6-8-20(15-19)28-13-4-5-14-28;/h6-10,15-17H,3-5,11-14H2,1-2H3,(H2,24,25,27);1H. The van der Waals surface area contributed by atoms with E-state index in [0.29, 0.717) is 11.7 Å². The number of nitrogens with zero attached hydrogens (tertiary/aromatic N) is 3. The van der Waals surface area contributed by atoms with Gasteiger partial charge in [0.1, 0.15) is 5.15 Å². The van der Waals surface area contributed by atoms with Gasteiger partial charge in [-0.2, -0.15) is 0 Å². The molecule has 1 aromatic carbocycles. The Morgan fingerprint density at radius 1 is 1.24 bits per heavy atom. The van der Waals surface area contributed by atoms with Gasteiger partial charge in [0.15, 0.2) is 5.96 Å². The van der Waals surface area contributed by atoms with Crippen LogP contribution in [0.15, 0.2) is 47.6 Å². The van der Waals surface area contributed by atoms with Crippen LogP contribution in [0.25, 0.3) is 0 Å². The topological polar surface area (TPSA) is 52.6 Å². The van der Waals surface area contributed by atoms with E-state index in [1.807, 2.05) is 18.3 Å². The first-order valence-corrected chi connectivity index (χ1v) is 10.5. The van der Waals surface area contributed by atoms with Crippen LogP contribution in [-0.4, -0.2) is 37.1 Å². The summed E-state index contributed by atoms with van der Waals surface area (Å²) in [4.78, 5) is 11.3. The number of halogens is 2. The number of benzene rings is 1. The molecule has 0 spiro atoms. The van der Waals surface area contributed by atoms with Gasteiger partial charge in [-0.1, -0.05) is 29.8 Å². The summed E-state index contributed by atoms with van der Waals surface area (Å²) >= 11 is 5.84.